The molecule has 0 radical (unpaired) electrons. The predicted octanol–water partition coefficient (Wildman–Crippen LogP) is 5.56. The second kappa shape index (κ2) is 9.81. The van der Waals surface area contributed by atoms with Gasteiger partial charge in [0.15, 0.2) is 5.43 Å². The van der Waals surface area contributed by atoms with Gasteiger partial charge in [-0.3, -0.25) is 9.79 Å². The Morgan fingerprint density at radius 3 is 2.60 bits per heavy atom. The van der Waals surface area contributed by atoms with Gasteiger partial charge in [-0.25, -0.2) is 0 Å². The summed E-state index contributed by atoms with van der Waals surface area (Å²) in [5, 5.41) is 1.86. The van der Waals surface area contributed by atoms with E-state index in [1.165, 1.54) is 25.7 Å². The number of unbranched alkanes of at least 4 members (excludes halogenated alkanes) is 4. The van der Waals surface area contributed by atoms with Crippen LogP contribution in [-0.4, -0.2) is 15.9 Å². The number of aromatic nitrogens is 1. The fraction of sp³-hybridized carbons (Fsp3) is 0.524. The number of nitrogens with zero attached hydrogens (tertiary/aromatic N) is 2. The molecule has 1 aromatic heterocycles. The molecule has 1 heterocycles. The molecule has 3 nitrogen and oxygen atoms in total. The third-order valence-electron chi connectivity index (χ3n) is 4.79. The number of para-hydroxylation sites is 1. The Kier molecular flexibility index (Phi) is 7.76. The molecule has 0 amide bonds. The minimum atomic E-state index is 0.168. The van der Waals surface area contributed by atoms with Crippen LogP contribution in [0.1, 0.15) is 57.2 Å². The Balaban J connectivity index is 2.42. The van der Waals surface area contributed by atoms with Gasteiger partial charge in [0.05, 0.1) is 10.6 Å². The van der Waals surface area contributed by atoms with Crippen molar-refractivity contribution >= 4 is 27.7 Å². The molecule has 0 atom stereocenters. The van der Waals surface area contributed by atoms with Crippen LogP contribution < -0.4 is 5.43 Å². The summed E-state index contributed by atoms with van der Waals surface area (Å²) in [6.07, 6.45) is 9.16. The maximum atomic E-state index is 12.8. The average Bonchev–Trinajstić information content (AvgIpc) is 2.64. The molecular formula is C21H30N2OS. The number of thioether (sulfide) groups is 1. The molecule has 4 heteroatoms. The van der Waals surface area contributed by atoms with Gasteiger partial charge in [-0.1, -0.05) is 44.7 Å². The first-order valence-corrected chi connectivity index (χ1v) is 10.5. The normalized spacial score (nSPS) is 12.1. The van der Waals surface area contributed by atoms with E-state index in [0.717, 1.165) is 40.0 Å². The van der Waals surface area contributed by atoms with Gasteiger partial charge in [0.1, 0.15) is 6.67 Å². The lowest BCUT2D eigenvalue weighted by atomic mass is 10.0. The lowest BCUT2D eigenvalue weighted by Crippen LogP contribution is -2.19. The highest BCUT2D eigenvalue weighted by Gasteiger charge is 2.13. The summed E-state index contributed by atoms with van der Waals surface area (Å²) < 4.78 is 2.24. The molecule has 2 rings (SSSR count). The summed E-state index contributed by atoms with van der Waals surface area (Å²) in [4.78, 5) is 17.5. The maximum absolute atomic E-state index is 12.8. The summed E-state index contributed by atoms with van der Waals surface area (Å²) >= 11 is 1.66. The van der Waals surface area contributed by atoms with Crippen LogP contribution in [0.3, 0.4) is 0 Å². The van der Waals surface area contributed by atoms with E-state index in [0.29, 0.717) is 6.67 Å². The zero-order chi connectivity index (χ0) is 18.2. The van der Waals surface area contributed by atoms with Crippen molar-refractivity contribution < 1.29 is 0 Å². The SMILES string of the molecule is CCCCCCCc1c(C)c(=O)c2ccccc2n1CN=C(C)SC. The summed E-state index contributed by atoms with van der Waals surface area (Å²) in [6, 6.07) is 7.91. The Morgan fingerprint density at radius 2 is 1.88 bits per heavy atom. The minimum Gasteiger partial charge on any atom is -0.324 e. The van der Waals surface area contributed by atoms with E-state index in [2.05, 4.69) is 11.5 Å². The topological polar surface area (TPSA) is 34.4 Å². The van der Waals surface area contributed by atoms with Crippen LogP contribution in [0.25, 0.3) is 10.9 Å². The smallest absolute Gasteiger partial charge is 0.192 e. The largest absolute Gasteiger partial charge is 0.324 e. The molecule has 0 bridgehead atoms. The van der Waals surface area contributed by atoms with E-state index < -0.39 is 0 Å². The van der Waals surface area contributed by atoms with E-state index in [9.17, 15) is 4.79 Å². The first-order valence-electron chi connectivity index (χ1n) is 9.26. The Bertz CT molecular complexity index is 792. The molecule has 0 aliphatic heterocycles. The average molecular weight is 359 g/mol. The van der Waals surface area contributed by atoms with Crippen LogP contribution in [-0.2, 0) is 13.1 Å². The van der Waals surface area contributed by atoms with Crippen molar-refractivity contribution in [1.82, 2.24) is 4.57 Å². The first kappa shape index (κ1) is 19.8. The maximum Gasteiger partial charge on any atom is 0.192 e. The molecule has 0 fully saturated rings. The Hall–Kier alpha value is -1.55. The van der Waals surface area contributed by atoms with Gasteiger partial charge in [0, 0.05) is 16.6 Å². The van der Waals surface area contributed by atoms with Crippen molar-refractivity contribution in [3.8, 4) is 0 Å². The third kappa shape index (κ3) is 4.97. The molecule has 0 aliphatic rings. The number of hydrogen-bond acceptors (Lipinski definition) is 3. The van der Waals surface area contributed by atoms with E-state index in [-0.39, 0.29) is 5.43 Å². The van der Waals surface area contributed by atoms with Crippen LogP contribution in [0.15, 0.2) is 34.1 Å². The summed E-state index contributed by atoms with van der Waals surface area (Å²) in [5.41, 5.74) is 3.20. The number of aliphatic imine (C=N–C) groups is 1. The highest BCUT2D eigenvalue weighted by atomic mass is 32.2. The molecule has 2 aromatic rings. The highest BCUT2D eigenvalue weighted by Crippen LogP contribution is 2.19. The van der Waals surface area contributed by atoms with Crippen molar-refractivity contribution in [3.05, 3.63) is 45.7 Å². The molecule has 0 saturated carbocycles. The molecule has 136 valence electrons. The van der Waals surface area contributed by atoms with Gasteiger partial charge in [0.2, 0.25) is 0 Å². The number of hydrogen-bond donors (Lipinski definition) is 0. The number of benzene rings is 1. The molecular weight excluding hydrogens is 328 g/mol. The Labute approximate surface area is 155 Å². The van der Waals surface area contributed by atoms with Crippen LogP contribution in [0, 0.1) is 6.92 Å². The van der Waals surface area contributed by atoms with E-state index >= 15 is 0 Å². The van der Waals surface area contributed by atoms with Gasteiger partial charge in [-0.15, -0.1) is 11.8 Å². The van der Waals surface area contributed by atoms with Crippen molar-refractivity contribution in [3.63, 3.8) is 0 Å². The van der Waals surface area contributed by atoms with Crippen molar-refractivity contribution in [2.24, 2.45) is 4.99 Å². The quantitative estimate of drug-likeness (QED) is 0.352. The summed E-state index contributed by atoms with van der Waals surface area (Å²) in [6.45, 7) is 6.82. The molecule has 0 saturated heterocycles. The van der Waals surface area contributed by atoms with Gasteiger partial charge in [-0.2, -0.15) is 0 Å². The summed E-state index contributed by atoms with van der Waals surface area (Å²) in [5.74, 6) is 0. The molecule has 0 spiro atoms. The van der Waals surface area contributed by atoms with Crippen LogP contribution in [0.2, 0.25) is 0 Å². The van der Waals surface area contributed by atoms with Gasteiger partial charge in [-0.05, 0) is 45.1 Å². The minimum absolute atomic E-state index is 0.168. The van der Waals surface area contributed by atoms with E-state index in [1.807, 2.05) is 44.4 Å². The summed E-state index contributed by atoms with van der Waals surface area (Å²) in [7, 11) is 0. The number of fused-ring (bicyclic) bond motifs is 1. The standard InChI is InChI=1S/C21H30N2OS/c1-5-6-7-8-9-13-19-16(2)21(24)18-12-10-11-14-20(18)23(19)15-22-17(3)25-4/h10-12,14H,5-9,13,15H2,1-4H3. The molecule has 1 aromatic carbocycles. The van der Waals surface area contributed by atoms with E-state index in [1.54, 1.807) is 11.8 Å². The highest BCUT2D eigenvalue weighted by molar-refractivity contribution is 8.13. The van der Waals surface area contributed by atoms with Crippen LogP contribution in [0.5, 0.6) is 0 Å². The van der Waals surface area contributed by atoms with Gasteiger partial charge < -0.3 is 4.57 Å². The van der Waals surface area contributed by atoms with Crippen molar-refractivity contribution in [2.75, 3.05) is 6.26 Å². The second-order valence-electron chi connectivity index (χ2n) is 6.53. The Morgan fingerprint density at radius 1 is 1.16 bits per heavy atom. The van der Waals surface area contributed by atoms with Crippen molar-refractivity contribution in [1.29, 1.82) is 0 Å². The molecule has 25 heavy (non-hydrogen) atoms. The first-order chi connectivity index (χ1) is 12.1. The monoisotopic (exact) mass is 358 g/mol. The van der Waals surface area contributed by atoms with Crippen molar-refractivity contribution in [2.45, 2.75) is 66.0 Å². The second-order valence-corrected chi connectivity index (χ2v) is 7.53. The number of rotatable bonds is 8. The lowest BCUT2D eigenvalue weighted by molar-refractivity contribution is 0.607. The lowest BCUT2D eigenvalue weighted by Gasteiger charge is -2.18. The third-order valence-corrected chi connectivity index (χ3v) is 5.51. The molecule has 0 aliphatic carbocycles. The molecule has 0 N–H and O–H groups in total. The van der Waals surface area contributed by atoms with E-state index in [4.69, 9.17) is 4.99 Å². The zero-order valence-electron chi connectivity index (χ0n) is 16.0. The van der Waals surface area contributed by atoms with Crippen LogP contribution >= 0.6 is 11.8 Å². The molecule has 0 unspecified atom stereocenters. The number of pyridine rings is 1. The van der Waals surface area contributed by atoms with Gasteiger partial charge >= 0.3 is 0 Å². The van der Waals surface area contributed by atoms with Gasteiger partial charge in [0.25, 0.3) is 0 Å². The fourth-order valence-electron chi connectivity index (χ4n) is 3.20. The predicted molar refractivity (Wildman–Crippen MR) is 112 cm³/mol. The fourth-order valence-corrected chi connectivity index (χ4v) is 3.38. The zero-order valence-corrected chi connectivity index (χ0v) is 16.8. The van der Waals surface area contributed by atoms with Crippen LogP contribution in [0.4, 0.5) is 0 Å².